The number of non-ortho nitro benzene ring substituents is 1. The van der Waals surface area contributed by atoms with Gasteiger partial charge in [0, 0.05) is 28.8 Å². The van der Waals surface area contributed by atoms with Gasteiger partial charge in [0.05, 0.1) is 16.0 Å². The number of ether oxygens (including phenoxy) is 1. The van der Waals surface area contributed by atoms with Crippen LogP contribution in [0.2, 0.25) is 0 Å². The molecule has 30 heavy (non-hydrogen) atoms. The van der Waals surface area contributed by atoms with Crippen LogP contribution in [0.3, 0.4) is 0 Å². The van der Waals surface area contributed by atoms with Crippen molar-refractivity contribution >= 4 is 28.3 Å². The zero-order valence-corrected chi connectivity index (χ0v) is 16.9. The molecule has 0 aliphatic rings. The normalized spacial score (nSPS) is 10.7. The molecular formula is C23H22N2O5. The number of benzene rings is 2. The maximum atomic E-state index is 13.0. The highest BCUT2D eigenvalue weighted by atomic mass is 16.6. The van der Waals surface area contributed by atoms with E-state index in [1.54, 1.807) is 0 Å². The predicted octanol–water partition coefficient (Wildman–Crippen LogP) is 4.70. The van der Waals surface area contributed by atoms with Crippen molar-refractivity contribution in [3.05, 3.63) is 81.0 Å². The first kappa shape index (κ1) is 21.1. The lowest BCUT2D eigenvalue weighted by Crippen LogP contribution is -2.17. The second kappa shape index (κ2) is 9.26. The van der Waals surface area contributed by atoms with Crippen LogP contribution in [0.25, 0.3) is 10.9 Å². The quantitative estimate of drug-likeness (QED) is 0.233. The van der Waals surface area contributed by atoms with Gasteiger partial charge >= 0.3 is 5.97 Å². The minimum Gasteiger partial charge on any atom is -0.454 e. The molecule has 154 valence electrons. The molecule has 0 aliphatic heterocycles. The number of aromatic nitrogens is 1. The number of nitrogens with zero attached hydrogens (tertiary/aromatic N) is 2. The van der Waals surface area contributed by atoms with Crippen molar-refractivity contribution < 1.29 is 19.2 Å². The lowest BCUT2D eigenvalue weighted by atomic mass is 9.96. The Balaban J connectivity index is 1.90. The Bertz CT molecular complexity index is 1120. The Hall–Kier alpha value is -3.61. The number of Topliss-reactive ketones (excluding diaryl/α,β-unsaturated/α-hetero) is 1. The zero-order valence-electron chi connectivity index (χ0n) is 16.9. The minimum atomic E-state index is -0.596. The van der Waals surface area contributed by atoms with Crippen LogP contribution >= 0.6 is 0 Å². The van der Waals surface area contributed by atoms with Crippen LogP contribution in [-0.2, 0) is 17.6 Å². The number of nitro groups is 1. The van der Waals surface area contributed by atoms with Gasteiger partial charge in [-0.15, -0.1) is 0 Å². The van der Waals surface area contributed by atoms with E-state index in [0.29, 0.717) is 22.9 Å². The Kier molecular flexibility index (Phi) is 6.51. The van der Waals surface area contributed by atoms with E-state index >= 15 is 0 Å². The van der Waals surface area contributed by atoms with E-state index in [-0.39, 0.29) is 11.3 Å². The average molecular weight is 406 g/mol. The van der Waals surface area contributed by atoms with Crippen LogP contribution in [0.15, 0.2) is 48.5 Å². The van der Waals surface area contributed by atoms with Crippen molar-refractivity contribution in [3.8, 4) is 0 Å². The highest BCUT2D eigenvalue weighted by molar-refractivity contribution is 6.06. The molecule has 1 heterocycles. The Morgan fingerprint density at radius 3 is 2.57 bits per heavy atom. The van der Waals surface area contributed by atoms with Crippen molar-refractivity contribution in [1.29, 1.82) is 0 Å². The highest BCUT2D eigenvalue weighted by Gasteiger charge is 2.22. The maximum Gasteiger partial charge on any atom is 0.339 e. The number of nitro benzene ring substituents is 1. The summed E-state index contributed by atoms with van der Waals surface area (Å²) in [5.74, 6) is -1.10. The van der Waals surface area contributed by atoms with Gasteiger partial charge in [-0.25, -0.2) is 4.79 Å². The van der Waals surface area contributed by atoms with Crippen LogP contribution < -0.4 is 0 Å². The summed E-state index contributed by atoms with van der Waals surface area (Å²) < 4.78 is 5.34. The van der Waals surface area contributed by atoms with Gasteiger partial charge in [0.25, 0.3) is 5.69 Å². The van der Waals surface area contributed by atoms with Gasteiger partial charge in [-0.05, 0) is 24.5 Å². The molecular weight excluding hydrogens is 384 g/mol. The molecule has 0 fully saturated rings. The number of rotatable bonds is 8. The minimum absolute atomic E-state index is 0.124. The number of pyridine rings is 1. The molecule has 0 saturated carbocycles. The summed E-state index contributed by atoms with van der Waals surface area (Å²) >= 11 is 0. The molecule has 0 saturated heterocycles. The predicted molar refractivity (Wildman–Crippen MR) is 113 cm³/mol. The number of hydrogen-bond acceptors (Lipinski definition) is 6. The molecule has 0 N–H and O–H groups in total. The van der Waals surface area contributed by atoms with Crippen LogP contribution in [0.5, 0.6) is 0 Å². The van der Waals surface area contributed by atoms with Crippen LogP contribution in [0.4, 0.5) is 5.69 Å². The van der Waals surface area contributed by atoms with E-state index in [1.807, 2.05) is 38.1 Å². The van der Waals surface area contributed by atoms with E-state index in [1.165, 1.54) is 24.3 Å². The second-order valence-electron chi connectivity index (χ2n) is 6.84. The van der Waals surface area contributed by atoms with Crippen molar-refractivity contribution in [2.45, 2.75) is 33.1 Å². The topological polar surface area (TPSA) is 99.4 Å². The average Bonchev–Trinajstić information content (AvgIpc) is 2.76. The van der Waals surface area contributed by atoms with Gasteiger partial charge in [0.2, 0.25) is 5.78 Å². The first-order valence-electron chi connectivity index (χ1n) is 9.81. The number of fused-ring (bicyclic) bond motifs is 1. The first-order chi connectivity index (χ1) is 14.5. The number of para-hydroxylation sites is 1. The fraction of sp³-hybridized carbons (Fsp3) is 0.261. The fourth-order valence-electron chi connectivity index (χ4n) is 3.44. The lowest BCUT2D eigenvalue weighted by molar-refractivity contribution is -0.384. The van der Waals surface area contributed by atoms with Crippen LogP contribution in [-0.4, -0.2) is 28.3 Å². The summed E-state index contributed by atoms with van der Waals surface area (Å²) in [6, 6.07) is 12.7. The van der Waals surface area contributed by atoms with Crippen molar-refractivity contribution in [2.24, 2.45) is 0 Å². The Morgan fingerprint density at radius 1 is 1.10 bits per heavy atom. The number of carbonyl (C=O) groups excluding carboxylic acids is 2. The molecule has 0 amide bonds. The molecule has 2 aromatic carbocycles. The van der Waals surface area contributed by atoms with E-state index in [9.17, 15) is 19.7 Å². The third-order valence-electron chi connectivity index (χ3n) is 4.84. The van der Waals surface area contributed by atoms with Crippen molar-refractivity contribution in [3.63, 3.8) is 0 Å². The molecule has 7 heteroatoms. The highest BCUT2D eigenvalue weighted by Crippen LogP contribution is 2.26. The molecule has 0 spiro atoms. The first-order valence-corrected chi connectivity index (χ1v) is 9.81. The third-order valence-corrected chi connectivity index (χ3v) is 4.84. The maximum absolute atomic E-state index is 13.0. The summed E-state index contributed by atoms with van der Waals surface area (Å²) in [4.78, 5) is 40.5. The monoisotopic (exact) mass is 406 g/mol. The number of carbonyl (C=O) groups is 2. The third kappa shape index (κ3) is 4.35. The summed E-state index contributed by atoms with van der Waals surface area (Å²) in [6.45, 7) is 3.50. The van der Waals surface area contributed by atoms with E-state index < -0.39 is 23.3 Å². The van der Waals surface area contributed by atoms with E-state index in [4.69, 9.17) is 9.72 Å². The van der Waals surface area contributed by atoms with Gasteiger partial charge in [-0.1, -0.05) is 50.6 Å². The standard InChI is InChI=1S/C23H22N2O5/c1-3-8-19-17(4-2)22(18-11-5-6-12-20(18)24-19)23(27)30-14-21(26)15-9-7-10-16(13-15)25(28)29/h5-7,9-13H,3-4,8,14H2,1-2H3. The van der Waals surface area contributed by atoms with Gasteiger partial charge in [-0.3, -0.25) is 19.9 Å². The summed E-state index contributed by atoms with van der Waals surface area (Å²) in [5, 5.41) is 11.6. The van der Waals surface area contributed by atoms with E-state index in [2.05, 4.69) is 0 Å². The largest absolute Gasteiger partial charge is 0.454 e. The molecule has 7 nitrogen and oxygen atoms in total. The summed E-state index contributed by atoms with van der Waals surface area (Å²) in [7, 11) is 0. The molecule has 3 aromatic rings. The van der Waals surface area contributed by atoms with E-state index in [0.717, 1.165) is 24.1 Å². The number of ketones is 1. The molecule has 0 unspecified atom stereocenters. The van der Waals surface area contributed by atoms with Crippen molar-refractivity contribution in [2.75, 3.05) is 6.61 Å². The molecule has 0 aliphatic carbocycles. The molecule has 1 aromatic heterocycles. The Morgan fingerprint density at radius 2 is 1.87 bits per heavy atom. The van der Waals surface area contributed by atoms with Crippen LogP contribution in [0.1, 0.15) is 52.2 Å². The van der Waals surface area contributed by atoms with Crippen molar-refractivity contribution in [1.82, 2.24) is 4.98 Å². The summed E-state index contributed by atoms with van der Waals surface area (Å²) in [6.07, 6.45) is 2.23. The Labute approximate surface area is 173 Å². The molecule has 0 bridgehead atoms. The van der Waals surface area contributed by atoms with Gasteiger partial charge < -0.3 is 4.74 Å². The molecule has 0 radical (unpaired) electrons. The van der Waals surface area contributed by atoms with Crippen LogP contribution in [0, 0.1) is 10.1 Å². The second-order valence-corrected chi connectivity index (χ2v) is 6.84. The SMILES string of the molecule is CCCc1nc2ccccc2c(C(=O)OCC(=O)c2cccc([N+](=O)[O-])c2)c1CC. The zero-order chi connectivity index (χ0) is 21.7. The molecule has 3 rings (SSSR count). The van der Waals surface area contributed by atoms with Gasteiger partial charge in [0.15, 0.2) is 6.61 Å². The number of aryl methyl sites for hydroxylation is 1. The summed E-state index contributed by atoms with van der Waals surface area (Å²) in [5.41, 5.74) is 2.75. The lowest BCUT2D eigenvalue weighted by Gasteiger charge is -2.15. The number of hydrogen-bond donors (Lipinski definition) is 0. The fourth-order valence-corrected chi connectivity index (χ4v) is 3.44. The molecule has 0 atom stereocenters. The van der Waals surface area contributed by atoms with Gasteiger partial charge in [-0.2, -0.15) is 0 Å². The smallest absolute Gasteiger partial charge is 0.339 e. The van der Waals surface area contributed by atoms with Gasteiger partial charge in [0.1, 0.15) is 0 Å². The number of esters is 1.